The van der Waals surface area contributed by atoms with Gasteiger partial charge >= 0.3 is 0 Å². The number of aliphatic hydroxyl groups is 1. The summed E-state index contributed by atoms with van der Waals surface area (Å²) in [5.74, 6) is 0. The van der Waals surface area contributed by atoms with Crippen LogP contribution in [0.4, 0.5) is 0 Å². The van der Waals surface area contributed by atoms with Crippen LogP contribution in [-0.2, 0) is 6.54 Å². The van der Waals surface area contributed by atoms with E-state index in [0.717, 1.165) is 18.5 Å². The van der Waals surface area contributed by atoms with Gasteiger partial charge in [0.05, 0.1) is 24.0 Å². The number of aliphatic hydroxyl groups excluding tert-OH is 1. The lowest BCUT2D eigenvalue weighted by atomic mass is 10.1. The lowest BCUT2D eigenvalue weighted by Crippen LogP contribution is -2.38. The van der Waals surface area contributed by atoms with Gasteiger partial charge in [-0.3, -0.25) is 0 Å². The van der Waals surface area contributed by atoms with Crippen LogP contribution in [0.15, 0.2) is 18.5 Å². The number of nitrogens with one attached hydrogen (secondary N) is 1. The molecule has 0 radical (unpaired) electrons. The number of aromatic nitrogens is 2. The van der Waals surface area contributed by atoms with E-state index in [1.54, 1.807) is 0 Å². The van der Waals surface area contributed by atoms with E-state index < -0.39 is 0 Å². The van der Waals surface area contributed by atoms with Crippen LogP contribution in [0.1, 0.15) is 31.4 Å². The van der Waals surface area contributed by atoms with Crippen molar-refractivity contribution in [2.45, 2.75) is 52.7 Å². The second-order valence-electron chi connectivity index (χ2n) is 5.85. The van der Waals surface area contributed by atoms with E-state index in [0.29, 0.717) is 6.04 Å². The maximum Gasteiger partial charge on any atom is 0.0958 e. The highest BCUT2D eigenvalue weighted by atomic mass is 16.3. The zero-order chi connectivity index (χ0) is 14.7. The molecule has 0 amide bonds. The van der Waals surface area contributed by atoms with E-state index in [1.165, 1.54) is 16.6 Å². The molecule has 0 spiro atoms. The van der Waals surface area contributed by atoms with E-state index in [4.69, 9.17) is 0 Å². The number of fused-ring (bicyclic) bond motifs is 1. The first kappa shape index (κ1) is 15.0. The smallest absolute Gasteiger partial charge is 0.0958 e. The fraction of sp³-hybridized carbons (Fsp3) is 0.562. The Kier molecular flexibility index (Phi) is 4.78. The molecule has 4 heteroatoms. The van der Waals surface area contributed by atoms with Crippen LogP contribution < -0.4 is 5.32 Å². The van der Waals surface area contributed by atoms with Crippen LogP contribution in [0, 0.1) is 13.8 Å². The average molecular weight is 275 g/mol. The summed E-state index contributed by atoms with van der Waals surface area (Å²) in [6, 6.07) is 4.86. The van der Waals surface area contributed by atoms with Crippen LogP contribution in [0.5, 0.6) is 0 Å². The first-order valence-electron chi connectivity index (χ1n) is 7.30. The van der Waals surface area contributed by atoms with Gasteiger partial charge < -0.3 is 15.0 Å². The number of benzene rings is 1. The Hall–Kier alpha value is -1.39. The lowest BCUT2D eigenvalue weighted by molar-refractivity contribution is 0.224. The van der Waals surface area contributed by atoms with E-state index in [-0.39, 0.29) is 12.6 Å². The molecule has 0 saturated carbocycles. The van der Waals surface area contributed by atoms with E-state index in [2.05, 4.69) is 54.7 Å². The van der Waals surface area contributed by atoms with Crippen molar-refractivity contribution in [3.05, 3.63) is 29.6 Å². The fourth-order valence-corrected chi connectivity index (χ4v) is 2.49. The first-order valence-corrected chi connectivity index (χ1v) is 7.30. The largest absolute Gasteiger partial charge is 0.395 e. The number of hydrogen-bond acceptors (Lipinski definition) is 3. The molecule has 1 aromatic carbocycles. The summed E-state index contributed by atoms with van der Waals surface area (Å²) in [5, 5.41) is 12.8. The Morgan fingerprint density at radius 3 is 2.60 bits per heavy atom. The summed E-state index contributed by atoms with van der Waals surface area (Å²) in [7, 11) is 0. The van der Waals surface area contributed by atoms with Gasteiger partial charge in [0.1, 0.15) is 0 Å². The molecular formula is C16H25N3O. The third-order valence-electron chi connectivity index (χ3n) is 3.74. The maximum absolute atomic E-state index is 9.41. The molecule has 2 N–H and O–H groups in total. The molecule has 4 nitrogen and oxygen atoms in total. The highest BCUT2D eigenvalue weighted by molar-refractivity contribution is 5.77. The Morgan fingerprint density at radius 1 is 1.25 bits per heavy atom. The highest BCUT2D eigenvalue weighted by Gasteiger charge is 2.10. The molecule has 0 fully saturated rings. The predicted octanol–water partition coefficient (Wildman–Crippen LogP) is 2.40. The quantitative estimate of drug-likeness (QED) is 0.851. The molecule has 1 heterocycles. The van der Waals surface area contributed by atoms with Gasteiger partial charge in [-0.25, -0.2) is 4.98 Å². The molecule has 0 aliphatic carbocycles. The van der Waals surface area contributed by atoms with Gasteiger partial charge in [-0.05, 0) is 43.5 Å². The van der Waals surface area contributed by atoms with Gasteiger partial charge in [-0.2, -0.15) is 0 Å². The summed E-state index contributed by atoms with van der Waals surface area (Å²) in [6.45, 7) is 9.47. The maximum atomic E-state index is 9.41. The first-order chi connectivity index (χ1) is 9.51. The molecule has 20 heavy (non-hydrogen) atoms. The van der Waals surface area contributed by atoms with Crippen LogP contribution in [-0.4, -0.2) is 33.3 Å². The second kappa shape index (κ2) is 6.37. The Bertz CT molecular complexity index is 574. The highest BCUT2D eigenvalue weighted by Crippen LogP contribution is 2.18. The SMILES string of the molecule is Cc1cc2ncn(CCC(CO)NC(C)C)c2cc1C. The summed E-state index contributed by atoms with van der Waals surface area (Å²) in [4.78, 5) is 4.47. The van der Waals surface area contributed by atoms with Gasteiger partial charge in [0, 0.05) is 18.6 Å². The van der Waals surface area contributed by atoms with Crippen molar-refractivity contribution in [3.63, 3.8) is 0 Å². The monoisotopic (exact) mass is 275 g/mol. The fourth-order valence-electron chi connectivity index (χ4n) is 2.49. The Morgan fingerprint density at radius 2 is 1.95 bits per heavy atom. The lowest BCUT2D eigenvalue weighted by Gasteiger charge is -2.19. The molecular weight excluding hydrogens is 250 g/mol. The summed E-state index contributed by atoms with van der Waals surface area (Å²) < 4.78 is 2.17. The van der Waals surface area contributed by atoms with Gasteiger partial charge in [0.15, 0.2) is 0 Å². The van der Waals surface area contributed by atoms with Crippen molar-refractivity contribution in [1.82, 2.24) is 14.9 Å². The normalized spacial score (nSPS) is 13.3. The van der Waals surface area contributed by atoms with Gasteiger partial charge in [-0.15, -0.1) is 0 Å². The van der Waals surface area contributed by atoms with E-state index in [9.17, 15) is 5.11 Å². The molecule has 110 valence electrons. The molecule has 1 atom stereocenters. The van der Waals surface area contributed by atoms with Crippen molar-refractivity contribution >= 4 is 11.0 Å². The third kappa shape index (κ3) is 3.38. The Balaban J connectivity index is 2.12. The van der Waals surface area contributed by atoms with Gasteiger partial charge in [-0.1, -0.05) is 13.8 Å². The number of aryl methyl sites for hydroxylation is 3. The number of hydrogen-bond donors (Lipinski definition) is 2. The van der Waals surface area contributed by atoms with Crippen LogP contribution in [0.25, 0.3) is 11.0 Å². The predicted molar refractivity (Wildman–Crippen MR) is 83.0 cm³/mol. The van der Waals surface area contributed by atoms with Crippen molar-refractivity contribution in [2.24, 2.45) is 0 Å². The van der Waals surface area contributed by atoms with Crippen molar-refractivity contribution in [1.29, 1.82) is 0 Å². The standard InChI is InChI=1S/C16H25N3O/c1-11(2)18-14(9-20)5-6-19-10-17-15-7-12(3)13(4)8-16(15)19/h7-8,10-11,14,18,20H,5-6,9H2,1-4H3. The molecule has 0 bridgehead atoms. The molecule has 2 rings (SSSR count). The zero-order valence-corrected chi connectivity index (χ0v) is 12.8. The molecule has 0 aliphatic heterocycles. The Labute approximate surface area is 120 Å². The molecule has 2 aromatic rings. The minimum atomic E-state index is 0.138. The molecule has 1 unspecified atom stereocenters. The van der Waals surface area contributed by atoms with Crippen molar-refractivity contribution in [2.75, 3.05) is 6.61 Å². The van der Waals surface area contributed by atoms with E-state index >= 15 is 0 Å². The minimum Gasteiger partial charge on any atom is -0.395 e. The van der Waals surface area contributed by atoms with Gasteiger partial charge in [0.2, 0.25) is 0 Å². The van der Waals surface area contributed by atoms with Gasteiger partial charge in [0.25, 0.3) is 0 Å². The van der Waals surface area contributed by atoms with Crippen LogP contribution in [0.3, 0.4) is 0 Å². The summed E-state index contributed by atoms with van der Waals surface area (Å²) in [5.41, 5.74) is 4.79. The molecule has 0 saturated heterocycles. The molecule has 0 aliphatic rings. The van der Waals surface area contributed by atoms with Crippen LogP contribution >= 0.6 is 0 Å². The zero-order valence-electron chi connectivity index (χ0n) is 12.8. The number of imidazole rings is 1. The minimum absolute atomic E-state index is 0.138. The number of rotatable bonds is 6. The summed E-state index contributed by atoms with van der Waals surface area (Å²) >= 11 is 0. The third-order valence-corrected chi connectivity index (χ3v) is 3.74. The second-order valence-corrected chi connectivity index (χ2v) is 5.85. The molecule has 1 aromatic heterocycles. The number of nitrogens with zero attached hydrogens (tertiary/aromatic N) is 2. The van der Waals surface area contributed by atoms with Crippen molar-refractivity contribution in [3.8, 4) is 0 Å². The summed E-state index contributed by atoms with van der Waals surface area (Å²) in [6.07, 6.45) is 2.79. The van der Waals surface area contributed by atoms with E-state index in [1.807, 2.05) is 6.33 Å². The van der Waals surface area contributed by atoms with Crippen molar-refractivity contribution < 1.29 is 5.11 Å². The van der Waals surface area contributed by atoms with Crippen LogP contribution in [0.2, 0.25) is 0 Å². The topological polar surface area (TPSA) is 50.1 Å². The average Bonchev–Trinajstić information content (AvgIpc) is 2.77.